The van der Waals surface area contributed by atoms with Crippen LogP contribution in [0.15, 0.2) is 36.5 Å². The van der Waals surface area contributed by atoms with E-state index >= 15 is 0 Å². The van der Waals surface area contributed by atoms with Gasteiger partial charge in [0.1, 0.15) is 5.75 Å². The van der Waals surface area contributed by atoms with Crippen molar-refractivity contribution in [2.75, 3.05) is 19.0 Å². The van der Waals surface area contributed by atoms with Crippen LogP contribution in [0.2, 0.25) is 0 Å². The van der Waals surface area contributed by atoms with E-state index in [1.807, 2.05) is 38.4 Å². The number of ether oxygens (including phenoxy) is 1. The average Bonchev–Trinajstić information content (AvgIpc) is 3.44. The zero-order valence-corrected chi connectivity index (χ0v) is 19.6. The van der Waals surface area contributed by atoms with Crippen LogP contribution in [0, 0.1) is 0 Å². The van der Waals surface area contributed by atoms with Crippen LogP contribution in [-0.2, 0) is 7.05 Å². The monoisotopic (exact) mass is 447 g/mol. The topological polar surface area (TPSA) is 110 Å². The lowest BCUT2D eigenvalue weighted by Crippen LogP contribution is -2.23. The van der Waals surface area contributed by atoms with Gasteiger partial charge < -0.3 is 15.4 Å². The number of hydrogen-bond acceptors (Lipinski definition) is 6. The fraction of sp³-hybridized carbons (Fsp3) is 0.333. The molecule has 0 saturated heterocycles. The second-order valence-corrected chi connectivity index (χ2v) is 7.95. The number of aromatic nitrogens is 5. The van der Waals surface area contributed by atoms with Gasteiger partial charge in [0.2, 0.25) is 5.95 Å². The van der Waals surface area contributed by atoms with Crippen molar-refractivity contribution in [3.63, 3.8) is 0 Å². The number of aryl methyl sites for hydroxylation is 1. The quantitative estimate of drug-likeness (QED) is 0.370. The van der Waals surface area contributed by atoms with Crippen LogP contribution < -0.4 is 15.4 Å². The SMILES string of the molecule is CCNC(=O)c1ccc(-c2nc(Nc3ccc4[nH]ncc4c3C(C)CC)n(C)n2)cc1OC. The molecular weight excluding hydrogens is 418 g/mol. The molecule has 0 aliphatic heterocycles. The number of H-pyrrole nitrogens is 1. The van der Waals surface area contributed by atoms with E-state index in [0.29, 0.717) is 35.5 Å². The fourth-order valence-electron chi connectivity index (χ4n) is 3.89. The Hall–Kier alpha value is -3.88. The molecule has 1 amide bonds. The summed E-state index contributed by atoms with van der Waals surface area (Å²) in [6, 6.07) is 9.40. The maximum absolute atomic E-state index is 12.3. The van der Waals surface area contributed by atoms with Gasteiger partial charge in [0.05, 0.1) is 24.4 Å². The molecule has 9 heteroatoms. The summed E-state index contributed by atoms with van der Waals surface area (Å²) in [7, 11) is 3.39. The molecule has 3 N–H and O–H groups in total. The molecule has 9 nitrogen and oxygen atoms in total. The Kier molecular flexibility index (Phi) is 6.30. The molecule has 0 radical (unpaired) electrons. The number of aromatic amines is 1. The summed E-state index contributed by atoms with van der Waals surface area (Å²) in [4.78, 5) is 17.0. The zero-order chi connectivity index (χ0) is 23.5. The first kappa shape index (κ1) is 22.3. The standard InChI is InChI=1S/C24H29N7O2/c1-6-14(3)21-17-13-26-29-18(17)10-11-19(21)27-24-28-22(30-31(24)4)15-8-9-16(20(12-15)33-5)23(32)25-7-2/h8-14H,6-7H2,1-5H3,(H,25,32)(H,26,29)(H,27,28,30). The maximum Gasteiger partial charge on any atom is 0.255 e. The average molecular weight is 448 g/mol. The number of carbonyl (C=O) groups excluding carboxylic acids is 1. The molecule has 1 atom stereocenters. The third-order valence-electron chi connectivity index (χ3n) is 5.82. The first-order chi connectivity index (χ1) is 16.0. The molecule has 0 aliphatic carbocycles. The van der Waals surface area contributed by atoms with Crippen LogP contribution in [-0.4, -0.2) is 44.5 Å². The minimum Gasteiger partial charge on any atom is -0.496 e. The number of rotatable bonds is 8. The van der Waals surface area contributed by atoms with Gasteiger partial charge in [-0.05, 0) is 49.1 Å². The van der Waals surface area contributed by atoms with Gasteiger partial charge in [0.15, 0.2) is 5.82 Å². The minimum atomic E-state index is -0.176. The molecular formula is C24H29N7O2. The van der Waals surface area contributed by atoms with Gasteiger partial charge in [-0.3, -0.25) is 9.89 Å². The Bertz CT molecular complexity index is 1290. The number of carbonyl (C=O) groups is 1. The summed E-state index contributed by atoms with van der Waals surface area (Å²) in [5.41, 5.74) is 4.42. The molecule has 4 rings (SSSR count). The second-order valence-electron chi connectivity index (χ2n) is 7.95. The predicted molar refractivity (Wildman–Crippen MR) is 129 cm³/mol. The summed E-state index contributed by atoms with van der Waals surface area (Å²) < 4.78 is 7.16. The molecule has 172 valence electrons. The summed E-state index contributed by atoms with van der Waals surface area (Å²) in [5, 5.41) is 19.2. The van der Waals surface area contributed by atoms with Gasteiger partial charge in [-0.15, -0.1) is 5.10 Å². The Morgan fingerprint density at radius 1 is 1.24 bits per heavy atom. The van der Waals surface area contributed by atoms with Gasteiger partial charge in [-0.2, -0.15) is 10.1 Å². The molecule has 33 heavy (non-hydrogen) atoms. The maximum atomic E-state index is 12.3. The number of amides is 1. The van der Waals surface area contributed by atoms with Gasteiger partial charge in [-0.25, -0.2) is 4.68 Å². The molecule has 2 heterocycles. The highest BCUT2D eigenvalue weighted by Crippen LogP contribution is 2.35. The largest absolute Gasteiger partial charge is 0.496 e. The van der Waals surface area contributed by atoms with Gasteiger partial charge in [0, 0.05) is 30.2 Å². The van der Waals surface area contributed by atoms with Crippen molar-refractivity contribution < 1.29 is 9.53 Å². The first-order valence-electron chi connectivity index (χ1n) is 11.1. The fourth-order valence-corrected chi connectivity index (χ4v) is 3.89. The number of benzene rings is 2. The molecule has 0 spiro atoms. The van der Waals surface area contributed by atoms with Gasteiger partial charge in [0.25, 0.3) is 5.91 Å². The van der Waals surface area contributed by atoms with E-state index < -0.39 is 0 Å². The van der Waals surface area contributed by atoms with Crippen LogP contribution in [0.3, 0.4) is 0 Å². The Morgan fingerprint density at radius 2 is 2.06 bits per heavy atom. The van der Waals surface area contributed by atoms with E-state index in [0.717, 1.165) is 28.6 Å². The van der Waals surface area contributed by atoms with E-state index in [4.69, 9.17) is 9.72 Å². The van der Waals surface area contributed by atoms with Gasteiger partial charge in [-0.1, -0.05) is 19.9 Å². The van der Waals surface area contributed by atoms with E-state index in [1.54, 1.807) is 23.9 Å². The van der Waals surface area contributed by atoms with Crippen molar-refractivity contribution in [3.05, 3.63) is 47.7 Å². The smallest absolute Gasteiger partial charge is 0.255 e. The van der Waals surface area contributed by atoms with Crippen molar-refractivity contribution in [1.29, 1.82) is 0 Å². The number of fused-ring (bicyclic) bond motifs is 1. The molecule has 0 bridgehead atoms. The summed E-state index contributed by atoms with van der Waals surface area (Å²) in [6.45, 7) is 6.80. The molecule has 0 fully saturated rings. The van der Waals surface area contributed by atoms with E-state index in [1.165, 1.54) is 5.56 Å². The van der Waals surface area contributed by atoms with Crippen molar-refractivity contribution in [2.45, 2.75) is 33.1 Å². The molecule has 2 aromatic heterocycles. The molecule has 0 saturated carbocycles. The van der Waals surface area contributed by atoms with Crippen LogP contribution in [0.1, 0.15) is 49.0 Å². The normalized spacial score (nSPS) is 12.0. The van der Waals surface area contributed by atoms with Crippen molar-refractivity contribution in [1.82, 2.24) is 30.3 Å². The van der Waals surface area contributed by atoms with Crippen LogP contribution in [0.5, 0.6) is 5.75 Å². The number of nitrogens with zero attached hydrogens (tertiary/aromatic N) is 4. The third kappa shape index (κ3) is 4.26. The zero-order valence-electron chi connectivity index (χ0n) is 19.6. The minimum absolute atomic E-state index is 0.176. The number of nitrogens with one attached hydrogen (secondary N) is 3. The Labute approximate surface area is 192 Å². The number of hydrogen-bond donors (Lipinski definition) is 3. The van der Waals surface area contributed by atoms with E-state index in [-0.39, 0.29) is 5.91 Å². The molecule has 1 unspecified atom stereocenters. The predicted octanol–water partition coefficient (Wildman–Crippen LogP) is 4.37. The molecule has 0 aliphatic rings. The third-order valence-corrected chi connectivity index (χ3v) is 5.82. The number of anilines is 2. The number of methoxy groups -OCH3 is 1. The summed E-state index contributed by atoms with van der Waals surface area (Å²) in [6.07, 6.45) is 2.87. The molecule has 4 aromatic rings. The lowest BCUT2D eigenvalue weighted by atomic mass is 9.93. The first-order valence-corrected chi connectivity index (χ1v) is 11.1. The summed E-state index contributed by atoms with van der Waals surface area (Å²) in [5.74, 6) is 1.79. The van der Waals surface area contributed by atoms with Crippen LogP contribution in [0.4, 0.5) is 11.6 Å². The van der Waals surface area contributed by atoms with E-state index in [9.17, 15) is 4.79 Å². The highest BCUT2D eigenvalue weighted by molar-refractivity contribution is 5.97. The lowest BCUT2D eigenvalue weighted by molar-refractivity contribution is 0.0953. The van der Waals surface area contributed by atoms with Crippen LogP contribution in [0.25, 0.3) is 22.3 Å². The van der Waals surface area contributed by atoms with Crippen molar-refractivity contribution in [2.24, 2.45) is 7.05 Å². The lowest BCUT2D eigenvalue weighted by Gasteiger charge is -2.17. The van der Waals surface area contributed by atoms with E-state index in [2.05, 4.69) is 39.8 Å². The highest BCUT2D eigenvalue weighted by atomic mass is 16.5. The second kappa shape index (κ2) is 9.32. The van der Waals surface area contributed by atoms with Crippen LogP contribution >= 0.6 is 0 Å². The summed E-state index contributed by atoms with van der Waals surface area (Å²) >= 11 is 0. The molecule has 2 aromatic carbocycles. The Balaban J connectivity index is 1.68. The highest BCUT2D eigenvalue weighted by Gasteiger charge is 2.19. The van der Waals surface area contributed by atoms with Crippen molar-refractivity contribution in [3.8, 4) is 17.1 Å². The van der Waals surface area contributed by atoms with Crippen molar-refractivity contribution >= 4 is 28.4 Å². The van der Waals surface area contributed by atoms with Gasteiger partial charge >= 0.3 is 0 Å². The Morgan fingerprint density at radius 3 is 2.79 bits per heavy atom.